The number of carbonyl (C=O) groups excluding carboxylic acids is 2. The fourth-order valence-corrected chi connectivity index (χ4v) is 3.62. The number of carbonyl (C=O) groups is 2. The molecule has 1 saturated heterocycles. The highest BCUT2D eigenvalue weighted by Gasteiger charge is 2.49. The number of amides is 3. The molecule has 2 aliphatic heterocycles. The Morgan fingerprint density at radius 2 is 1.83 bits per heavy atom. The second kappa shape index (κ2) is 7.57. The van der Waals surface area contributed by atoms with Crippen LogP contribution in [0.25, 0.3) is 0 Å². The molecule has 152 valence electrons. The highest BCUT2D eigenvalue weighted by Crippen LogP contribution is 2.37. The van der Waals surface area contributed by atoms with Gasteiger partial charge < -0.3 is 19.9 Å². The van der Waals surface area contributed by atoms with E-state index in [-0.39, 0.29) is 6.54 Å². The first-order chi connectivity index (χ1) is 13.9. The molecule has 1 fully saturated rings. The summed E-state index contributed by atoms with van der Waals surface area (Å²) >= 11 is 5.87. The maximum absolute atomic E-state index is 13.1. The second-order valence-corrected chi connectivity index (χ2v) is 7.69. The second-order valence-electron chi connectivity index (χ2n) is 7.25. The Balaban J connectivity index is 1.57. The van der Waals surface area contributed by atoms with Crippen molar-refractivity contribution in [3.8, 4) is 11.5 Å². The normalized spacial score (nSPS) is 22.2. The first kappa shape index (κ1) is 19.5. The number of aliphatic hydroxyl groups excluding tert-OH is 1. The van der Waals surface area contributed by atoms with Gasteiger partial charge in [-0.05, 0) is 42.3 Å². The average molecular weight is 417 g/mol. The van der Waals surface area contributed by atoms with Gasteiger partial charge in [0.05, 0.1) is 25.9 Å². The molecule has 2 atom stereocenters. The quantitative estimate of drug-likeness (QED) is 0.748. The van der Waals surface area contributed by atoms with Crippen LogP contribution in [0.3, 0.4) is 0 Å². The van der Waals surface area contributed by atoms with Crippen LogP contribution < -0.4 is 14.8 Å². The first-order valence-corrected chi connectivity index (χ1v) is 9.74. The van der Waals surface area contributed by atoms with Crippen LogP contribution in [0, 0.1) is 0 Å². The minimum Gasteiger partial charge on any atom is -0.490 e. The van der Waals surface area contributed by atoms with Crippen LogP contribution in [-0.4, -0.2) is 41.7 Å². The molecule has 4 rings (SSSR count). The molecule has 2 heterocycles. The topological polar surface area (TPSA) is 88.1 Å². The summed E-state index contributed by atoms with van der Waals surface area (Å²) in [6.45, 7) is 2.57. The van der Waals surface area contributed by atoms with Gasteiger partial charge in [-0.25, -0.2) is 4.79 Å². The van der Waals surface area contributed by atoms with Crippen LogP contribution in [0.2, 0.25) is 5.02 Å². The molecule has 8 heteroatoms. The van der Waals surface area contributed by atoms with Crippen molar-refractivity contribution < 1.29 is 24.2 Å². The zero-order valence-electron chi connectivity index (χ0n) is 15.9. The Morgan fingerprint density at radius 1 is 1.14 bits per heavy atom. The summed E-state index contributed by atoms with van der Waals surface area (Å²) in [5.41, 5.74) is -0.107. The molecule has 0 saturated carbocycles. The standard InChI is InChI=1S/C21H21ClN2O5/c1-21(14-5-8-17-18(11-14)29-10-2-9-28-17)19(26)24(20(27)23-21)12-16(25)13-3-6-15(22)7-4-13/h3-8,11,16,25H,2,9-10,12H2,1H3,(H,23,27)/t16-,21+/m0/s1. The van der Waals surface area contributed by atoms with E-state index in [1.807, 2.05) is 0 Å². The number of halogens is 1. The fourth-order valence-electron chi connectivity index (χ4n) is 3.50. The molecule has 0 aliphatic carbocycles. The van der Waals surface area contributed by atoms with E-state index in [4.69, 9.17) is 21.1 Å². The van der Waals surface area contributed by atoms with Crippen LogP contribution in [0.4, 0.5) is 4.79 Å². The van der Waals surface area contributed by atoms with Gasteiger partial charge in [-0.2, -0.15) is 0 Å². The average Bonchev–Trinajstić information content (AvgIpc) is 2.87. The molecule has 0 aromatic heterocycles. The third kappa shape index (κ3) is 3.63. The van der Waals surface area contributed by atoms with E-state index in [1.165, 1.54) is 0 Å². The molecule has 2 aromatic carbocycles. The van der Waals surface area contributed by atoms with Crippen molar-refractivity contribution in [1.29, 1.82) is 0 Å². The highest BCUT2D eigenvalue weighted by atomic mass is 35.5. The lowest BCUT2D eigenvalue weighted by Gasteiger charge is -2.24. The summed E-state index contributed by atoms with van der Waals surface area (Å²) < 4.78 is 11.3. The first-order valence-electron chi connectivity index (χ1n) is 9.36. The van der Waals surface area contributed by atoms with Crippen molar-refractivity contribution >= 4 is 23.5 Å². The minimum absolute atomic E-state index is 0.160. The lowest BCUT2D eigenvalue weighted by molar-refractivity contribution is -0.132. The number of hydrogen-bond donors (Lipinski definition) is 2. The molecule has 0 spiro atoms. The van der Waals surface area contributed by atoms with Gasteiger partial charge in [-0.3, -0.25) is 9.69 Å². The Labute approximate surface area is 173 Å². The number of nitrogens with one attached hydrogen (secondary N) is 1. The molecule has 2 aliphatic rings. The highest BCUT2D eigenvalue weighted by molar-refractivity contribution is 6.30. The third-order valence-electron chi connectivity index (χ3n) is 5.21. The van der Waals surface area contributed by atoms with E-state index in [9.17, 15) is 14.7 Å². The van der Waals surface area contributed by atoms with Gasteiger partial charge >= 0.3 is 6.03 Å². The largest absolute Gasteiger partial charge is 0.490 e. The number of imide groups is 1. The zero-order chi connectivity index (χ0) is 20.6. The van der Waals surface area contributed by atoms with E-state index in [2.05, 4.69) is 5.32 Å². The molecule has 0 bridgehead atoms. The number of fused-ring (bicyclic) bond motifs is 1. The summed E-state index contributed by atoms with van der Waals surface area (Å²) in [7, 11) is 0. The maximum Gasteiger partial charge on any atom is 0.325 e. The van der Waals surface area contributed by atoms with Gasteiger partial charge in [0.25, 0.3) is 5.91 Å². The van der Waals surface area contributed by atoms with Gasteiger partial charge in [-0.1, -0.05) is 29.8 Å². The number of hydrogen-bond acceptors (Lipinski definition) is 5. The summed E-state index contributed by atoms with van der Waals surface area (Å²) in [6.07, 6.45) is -0.249. The maximum atomic E-state index is 13.1. The molecule has 7 nitrogen and oxygen atoms in total. The Bertz CT molecular complexity index is 949. The molecular formula is C21H21ClN2O5. The van der Waals surface area contributed by atoms with Crippen LogP contribution >= 0.6 is 11.6 Å². The number of β-amino-alcohol motifs (C(OH)–C–C–N with tert-alkyl or cyclic N) is 1. The van der Waals surface area contributed by atoms with Gasteiger partial charge in [0, 0.05) is 11.4 Å². The number of benzene rings is 2. The molecule has 29 heavy (non-hydrogen) atoms. The summed E-state index contributed by atoms with van der Waals surface area (Å²) in [4.78, 5) is 26.7. The Hall–Kier alpha value is -2.77. The smallest absolute Gasteiger partial charge is 0.325 e. The SMILES string of the molecule is C[C@]1(c2ccc3c(c2)OCCCO3)NC(=O)N(C[C@H](O)c2ccc(Cl)cc2)C1=O. The number of aliphatic hydroxyl groups is 1. The van der Waals surface area contributed by atoms with Gasteiger partial charge in [-0.15, -0.1) is 0 Å². The van der Waals surface area contributed by atoms with E-state index in [1.54, 1.807) is 49.4 Å². The molecular weight excluding hydrogens is 396 g/mol. The summed E-state index contributed by atoms with van der Waals surface area (Å²) in [6, 6.07) is 11.3. The van der Waals surface area contributed by atoms with Crippen molar-refractivity contribution in [3.05, 3.63) is 58.6 Å². The number of urea groups is 1. The monoisotopic (exact) mass is 416 g/mol. The van der Waals surface area contributed by atoms with E-state index in [0.29, 0.717) is 40.9 Å². The van der Waals surface area contributed by atoms with Crippen molar-refractivity contribution in [2.45, 2.75) is 25.0 Å². The number of rotatable bonds is 4. The van der Waals surface area contributed by atoms with Gasteiger partial charge in [0.15, 0.2) is 11.5 Å². The molecule has 2 aromatic rings. The predicted molar refractivity (Wildman–Crippen MR) is 106 cm³/mol. The fraction of sp³-hybridized carbons (Fsp3) is 0.333. The van der Waals surface area contributed by atoms with E-state index >= 15 is 0 Å². The summed E-state index contributed by atoms with van der Waals surface area (Å²) in [5.74, 6) is 0.717. The lowest BCUT2D eigenvalue weighted by Crippen LogP contribution is -2.41. The van der Waals surface area contributed by atoms with Crippen LogP contribution in [0.15, 0.2) is 42.5 Å². The van der Waals surface area contributed by atoms with Gasteiger partial charge in [0.2, 0.25) is 0 Å². The van der Waals surface area contributed by atoms with E-state index < -0.39 is 23.6 Å². The Morgan fingerprint density at radius 3 is 2.55 bits per heavy atom. The molecule has 0 unspecified atom stereocenters. The molecule has 3 amide bonds. The minimum atomic E-state index is -1.26. The Kier molecular flexibility index (Phi) is 5.10. The van der Waals surface area contributed by atoms with Crippen molar-refractivity contribution in [2.24, 2.45) is 0 Å². The van der Waals surface area contributed by atoms with Gasteiger partial charge in [0.1, 0.15) is 5.54 Å². The van der Waals surface area contributed by atoms with E-state index in [0.717, 1.165) is 11.3 Å². The number of ether oxygens (including phenoxy) is 2. The third-order valence-corrected chi connectivity index (χ3v) is 5.46. The summed E-state index contributed by atoms with van der Waals surface area (Å²) in [5, 5.41) is 13.8. The number of nitrogens with zero attached hydrogens (tertiary/aromatic N) is 1. The zero-order valence-corrected chi connectivity index (χ0v) is 16.6. The van der Waals surface area contributed by atoms with Crippen molar-refractivity contribution in [2.75, 3.05) is 19.8 Å². The van der Waals surface area contributed by atoms with Crippen molar-refractivity contribution in [3.63, 3.8) is 0 Å². The predicted octanol–water partition coefficient (Wildman–Crippen LogP) is 3.00. The van der Waals surface area contributed by atoms with Crippen LogP contribution in [-0.2, 0) is 10.3 Å². The van der Waals surface area contributed by atoms with Crippen LogP contribution in [0.1, 0.15) is 30.6 Å². The lowest BCUT2D eigenvalue weighted by atomic mass is 9.91. The molecule has 0 radical (unpaired) electrons. The van der Waals surface area contributed by atoms with Crippen molar-refractivity contribution in [1.82, 2.24) is 10.2 Å². The van der Waals surface area contributed by atoms with Crippen LogP contribution in [0.5, 0.6) is 11.5 Å². The molecule has 2 N–H and O–H groups in total.